The van der Waals surface area contributed by atoms with Crippen LogP contribution in [0.4, 0.5) is 26.1 Å². The van der Waals surface area contributed by atoms with E-state index in [2.05, 4.69) is 25.6 Å². The molecule has 2 aromatic heterocycles. The van der Waals surface area contributed by atoms with Crippen LogP contribution in [0.2, 0.25) is 0 Å². The Morgan fingerprint density at radius 3 is 2.65 bits per heavy atom. The zero-order valence-electron chi connectivity index (χ0n) is 17.7. The van der Waals surface area contributed by atoms with Gasteiger partial charge in [-0.05, 0) is 32.6 Å². The molecule has 2 aliphatic rings. The van der Waals surface area contributed by atoms with Crippen LogP contribution in [0.3, 0.4) is 0 Å². The molecule has 2 saturated heterocycles. The Bertz CT molecular complexity index is 987. The topological polar surface area (TPSA) is 98.3 Å². The van der Waals surface area contributed by atoms with Crippen molar-refractivity contribution in [3.8, 4) is 5.75 Å². The van der Waals surface area contributed by atoms with E-state index >= 15 is 0 Å². The minimum atomic E-state index is -3.18. The van der Waals surface area contributed by atoms with Crippen molar-refractivity contribution in [1.82, 2.24) is 15.0 Å². The smallest absolute Gasteiger partial charge is 0.303 e. The first-order valence-corrected chi connectivity index (χ1v) is 10.2. The van der Waals surface area contributed by atoms with Crippen molar-refractivity contribution >= 4 is 23.2 Å². The SMILES string of the molecule is CC(=O)Nc1cc(Nc2cc(C)nc(C(C)(F)F)n2)c(OCC23CCC(CC2)O3)cn1. The highest BCUT2D eigenvalue weighted by molar-refractivity contribution is 5.88. The third-order valence-corrected chi connectivity index (χ3v) is 5.43. The van der Waals surface area contributed by atoms with Crippen molar-refractivity contribution in [3.63, 3.8) is 0 Å². The zero-order chi connectivity index (χ0) is 22.2. The number of aromatic nitrogens is 3. The molecule has 2 N–H and O–H groups in total. The van der Waals surface area contributed by atoms with Crippen LogP contribution in [0.5, 0.6) is 5.75 Å². The summed E-state index contributed by atoms with van der Waals surface area (Å²) in [6.45, 7) is 4.09. The number of carbonyl (C=O) groups is 1. The van der Waals surface area contributed by atoms with Crippen LogP contribution in [0.25, 0.3) is 0 Å². The second-order valence-corrected chi connectivity index (χ2v) is 8.27. The second-order valence-electron chi connectivity index (χ2n) is 8.27. The van der Waals surface area contributed by atoms with Gasteiger partial charge in [0.25, 0.3) is 0 Å². The number of halogens is 2. The second kappa shape index (κ2) is 7.99. The van der Waals surface area contributed by atoms with Crippen molar-refractivity contribution in [2.24, 2.45) is 0 Å². The van der Waals surface area contributed by atoms with Crippen LogP contribution in [-0.2, 0) is 15.5 Å². The van der Waals surface area contributed by atoms with Crippen molar-refractivity contribution in [1.29, 1.82) is 0 Å². The van der Waals surface area contributed by atoms with Crippen LogP contribution >= 0.6 is 0 Å². The van der Waals surface area contributed by atoms with Gasteiger partial charge in [0, 0.05) is 31.7 Å². The Morgan fingerprint density at radius 2 is 2.03 bits per heavy atom. The highest BCUT2D eigenvalue weighted by Gasteiger charge is 2.46. The molecule has 0 aliphatic carbocycles. The number of rotatable bonds is 7. The molecular weight excluding hydrogens is 408 g/mol. The third kappa shape index (κ3) is 4.90. The molecule has 1 amide bonds. The molecule has 2 aliphatic heterocycles. The number of carbonyl (C=O) groups excluding carboxylic acids is 1. The molecule has 0 atom stereocenters. The predicted octanol–water partition coefficient (Wildman–Crippen LogP) is 4.08. The summed E-state index contributed by atoms with van der Waals surface area (Å²) < 4.78 is 39.6. The fourth-order valence-corrected chi connectivity index (χ4v) is 3.97. The maximum absolute atomic E-state index is 13.8. The lowest BCUT2D eigenvalue weighted by Gasteiger charge is -2.25. The lowest BCUT2D eigenvalue weighted by molar-refractivity contribution is -0.114. The summed E-state index contributed by atoms with van der Waals surface area (Å²) in [5, 5.41) is 5.62. The van der Waals surface area contributed by atoms with Crippen molar-refractivity contribution in [2.45, 2.75) is 64.1 Å². The molecule has 166 valence electrons. The Balaban J connectivity index is 1.61. The van der Waals surface area contributed by atoms with E-state index in [9.17, 15) is 13.6 Å². The molecule has 0 radical (unpaired) electrons. The summed E-state index contributed by atoms with van der Waals surface area (Å²) in [5.74, 6) is -3.16. The van der Waals surface area contributed by atoms with Gasteiger partial charge in [0.2, 0.25) is 11.7 Å². The summed E-state index contributed by atoms with van der Waals surface area (Å²) in [6, 6.07) is 3.13. The fourth-order valence-electron chi connectivity index (χ4n) is 3.97. The number of hydrogen-bond acceptors (Lipinski definition) is 7. The zero-order valence-corrected chi connectivity index (χ0v) is 17.7. The quantitative estimate of drug-likeness (QED) is 0.679. The standard InChI is InChI=1S/C21H25F2N5O3/c1-12-8-18(28-19(25-12)20(3,22)23)27-15-9-17(26-13(2)29)24-10-16(15)30-11-21-6-4-14(31-21)5-7-21/h8-10,14H,4-7,11H2,1-3H3,(H2,24,25,26,27,28,29). The molecule has 0 spiro atoms. The van der Waals surface area contributed by atoms with Gasteiger partial charge in [-0.1, -0.05) is 0 Å². The lowest BCUT2D eigenvalue weighted by Crippen LogP contribution is -2.32. The van der Waals surface area contributed by atoms with Gasteiger partial charge in [0.1, 0.15) is 23.8 Å². The molecule has 2 aromatic rings. The number of fused-ring (bicyclic) bond motifs is 2. The van der Waals surface area contributed by atoms with Crippen LogP contribution in [0.15, 0.2) is 18.3 Å². The summed E-state index contributed by atoms with van der Waals surface area (Å²) in [5.41, 5.74) is 0.537. The van der Waals surface area contributed by atoms with E-state index in [4.69, 9.17) is 9.47 Å². The van der Waals surface area contributed by atoms with Crippen LogP contribution < -0.4 is 15.4 Å². The number of aryl methyl sites for hydroxylation is 1. The molecule has 8 nitrogen and oxygen atoms in total. The van der Waals surface area contributed by atoms with Gasteiger partial charge in [-0.3, -0.25) is 4.79 Å². The van der Waals surface area contributed by atoms with Crippen LogP contribution in [0, 0.1) is 6.92 Å². The number of anilines is 3. The number of ether oxygens (including phenoxy) is 2. The van der Waals surface area contributed by atoms with Crippen molar-refractivity contribution < 1.29 is 23.0 Å². The molecule has 4 heterocycles. The molecule has 2 bridgehead atoms. The Hall–Kier alpha value is -2.88. The molecule has 0 saturated carbocycles. The third-order valence-electron chi connectivity index (χ3n) is 5.43. The minimum Gasteiger partial charge on any atom is -0.487 e. The summed E-state index contributed by atoms with van der Waals surface area (Å²) >= 11 is 0. The van der Waals surface area contributed by atoms with E-state index in [0.29, 0.717) is 35.7 Å². The molecule has 4 rings (SSSR count). The van der Waals surface area contributed by atoms with Gasteiger partial charge in [-0.2, -0.15) is 8.78 Å². The Labute approximate surface area is 178 Å². The van der Waals surface area contributed by atoms with Crippen molar-refractivity contribution in [2.75, 3.05) is 17.2 Å². The van der Waals surface area contributed by atoms with Gasteiger partial charge in [-0.15, -0.1) is 0 Å². The lowest BCUT2D eigenvalue weighted by atomic mass is 9.89. The molecule has 0 aromatic carbocycles. The normalized spacial score (nSPS) is 22.4. The Kier molecular flexibility index (Phi) is 5.50. The average molecular weight is 433 g/mol. The van der Waals surface area contributed by atoms with E-state index in [0.717, 1.165) is 32.6 Å². The van der Waals surface area contributed by atoms with E-state index < -0.39 is 11.7 Å². The van der Waals surface area contributed by atoms with E-state index in [1.165, 1.54) is 13.1 Å². The minimum absolute atomic E-state index is 0.185. The number of amides is 1. The summed E-state index contributed by atoms with van der Waals surface area (Å²) in [6.07, 6.45) is 5.73. The summed E-state index contributed by atoms with van der Waals surface area (Å²) in [4.78, 5) is 23.4. The summed E-state index contributed by atoms with van der Waals surface area (Å²) in [7, 11) is 0. The van der Waals surface area contributed by atoms with E-state index in [1.54, 1.807) is 19.1 Å². The number of nitrogens with zero attached hydrogens (tertiary/aromatic N) is 3. The maximum Gasteiger partial charge on any atom is 0.303 e. The number of hydrogen-bond donors (Lipinski definition) is 2. The average Bonchev–Trinajstić information content (AvgIpc) is 3.27. The predicted molar refractivity (Wildman–Crippen MR) is 110 cm³/mol. The first-order chi connectivity index (χ1) is 14.6. The Morgan fingerprint density at radius 1 is 1.29 bits per heavy atom. The highest BCUT2D eigenvalue weighted by Crippen LogP contribution is 2.44. The number of alkyl halides is 2. The fraction of sp³-hybridized carbons (Fsp3) is 0.524. The largest absolute Gasteiger partial charge is 0.487 e. The highest BCUT2D eigenvalue weighted by atomic mass is 19.3. The number of pyridine rings is 1. The van der Waals surface area contributed by atoms with Gasteiger partial charge in [-0.25, -0.2) is 15.0 Å². The van der Waals surface area contributed by atoms with Gasteiger partial charge in [0.05, 0.1) is 18.0 Å². The van der Waals surface area contributed by atoms with E-state index in [-0.39, 0.29) is 17.3 Å². The first-order valence-electron chi connectivity index (χ1n) is 10.2. The number of nitrogens with one attached hydrogen (secondary N) is 2. The van der Waals surface area contributed by atoms with Gasteiger partial charge in [0.15, 0.2) is 5.75 Å². The van der Waals surface area contributed by atoms with E-state index in [1.807, 2.05) is 0 Å². The monoisotopic (exact) mass is 433 g/mol. The van der Waals surface area contributed by atoms with Gasteiger partial charge >= 0.3 is 5.92 Å². The maximum atomic E-state index is 13.8. The van der Waals surface area contributed by atoms with Gasteiger partial charge < -0.3 is 20.1 Å². The molecule has 31 heavy (non-hydrogen) atoms. The van der Waals surface area contributed by atoms with Crippen molar-refractivity contribution in [3.05, 3.63) is 29.8 Å². The molecular formula is C21H25F2N5O3. The van der Waals surface area contributed by atoms with Crippen LogP contribution in [-0.4, -0.2) is 39.2 Å². The molecule has 10 heteroatoms. The van der Waals surface area contributed by atoms with Crippen LogP contribution in [0.1, 0.15) is 51.0 Å². The molecule has 2 fully saturated rings. The first kappa shape index (κ1) is 21.4. The molecule has 0 unspecified atom stereocenters.